The van der Waals surface area contributed by atoms with Gasteiger partial charge in [0.25, 0.3) is 0 Å². The van der Waals surface area contributed by atoms with E-state index in [0.717, 1.165) is 12.8 Å². The van der Waals surface area contributed by atoms with Crippen molar-refractivity contribution in [2.45, 2.75) is 43.0 Å². The lowest BCUT2D eigenvalue weighted by Crippen LogP contribution is -2.44. The number of rotatable bonds is 3. The van der Waals surface area contributed by atoms with E-state index in [-0.39, 0.29) is 24.1 Å². The summed E-state index contributed by atoms with van der Waals surface area (Å²) in [4.78, 5) is 14.5. The Bertz CT molecular complexity index is 450. The van der Waals surface area contributed by atoms with Gasteiger partial charge in [-0.25, -0.2) is 0 Å². The molecule has 2 atom stereocenters. The molecule has 0 radical (unpaired) electrons. The lowest BCUT2D eigenvalue weighted by atomic mass is 9.94. The van der Waals surface area contributed by atoms with E-state index in [4.69, 9.17) is 0 Å². The number of hydrogen-bond donors (Lipinski definition) is 1. The van der Waals surface area contributed by atoms with Crippen LogP contribution >= 0.6 is 15.9 Å². The van der Waals surface area contributed by atoms with E-state index in [2.05, 4.69) is 15.9 Å². The first-order chi connectivity index (χ1) is 9.09. The summed E-state index contributed by atoms with van der Waals surface area (Å²) in [6, 6.07) is 7.30. The van der Waals surface area contributed by atoms with E-state index in [1.807, 2.05) is 18.0 Å². The van der Waals surface area contributed by atoms with Crippen LogP contribution in [-0.4, -0.2) is 33.8 Å². The maximum atomic E-state index is 12.3. The highest BCUT2D eigenvalue weighted by molar-refractivity contribution is 9.09. The average molecular weight is 326 g/mol. The minimum atomic E-state index is 0.0675. The Kier molecular flexibility index (Phi) is 4.86. The average Bonchev–Trinajstić information content (AvgIpc) is 2.41. The molecule has 1 N–H and O–H groups in total. The summed E-state index contributed by atoms with van der Waals surface area (Å²) in [6.07, 6.45) is 4.85. The Morgan fingerprint density at radius 1 is 1.37 bits per heavy atom. The van der Waals surface area contributed by atoms with Crippen LogP contribution in [0.5, 0.6) is 5.75 Å². The third-order valence-electron chi connectivity index (χ3n) is 3.87. The molecule has 2 unspecified atom stereocenters. The van der Waals surface area contributed by atoms with Gasteiger partial charge in [-0.3, -0.25) is 4.79 Å². The van der Waals surface area contributed by atoms with Crippen molar-refractivity contribution >= 4 is 21.8 Å². The van der Waals surface area contributed by atoms with Gasteiger partial charge in [-0.05, 0) is 18.9 Å². The smallest absolute Gasteiger partial charge is 0.227 e. The van der Waals surface area contributed by atoms with E-state index < -0.39 is 0 Å². The van der Waals surface area contributed by atoms with Crippen molar-refractivity contribution in [3.05, 3.63) is 29.8 Å². The number of para-hydroxylation sites is 1. The minimum Gasteiger partial charge on any atom is -0.508 e. The molecule has 4 heteroatoms. The number of benzene rings is 1. The maximum Gasteiger partial charge on any atom is 0.227 e. The molecule has 1 aromatic rings. The molecule has 0 aromatic heterocycles. The largest absolute Gasteiger partial charge is 0.508 e. The summed E-state index contributed by atoms with van der Waals surface area (Å²) in [5.74, 6) is 0.265. The van der Waals surface area contributed by atoms with E-state index >= 15 is 0 Å². The topological polar surface area (TPSA) is 40.5 Å². The van der Waals surface area contributed by atoms with Crippen LogP contribution in [0.1, 0.15) is 31.2 Å². The normalized spacial score (nSPS) is 23.1. The molecule has 2 rings (SSSR count). The Morgan fingerprint density at radius 3 is 2.74 bits per heavy atom. The second kappa shape index (κ2) is 6.42. The molecule has 1 aliphatic rings. The van der Waals surface area contributed by atoms with E-state index in [0.29, 0.717) is 10.4 Å². The molecule has 19 heavy (non-hydrogen) atoms. The molecule has 0 aliphatic heterocycles. The summed E-state index contributed by atoms with van der Waals surface area (Å²) in [6.45, 7) is 0. The number of nitrogens with zero attached hydrogens (tertiary/aromatic N) is 1. The molecule has 0 bridgehead atoms. The second-order valence-electron chi connectivity index (χ2n) is 5.18. The minimum absolute atomic E-state index is 0.0675. The first-order valence-corrected chi connectivity index (χ1v) is 7.67. The van der Waals surface area contributed by atoms with Crippen LogP contribution in [0.25, 0.3) is 0 Å². The number of amides is 1. The predicted octanol–water partition coefficient (Wildman–Crippen LogP) is 3.10. The quantitative estimate of drug-likeness (QED) is 0.867. The van der Waals surface area contributed by atoms with Gasteiger partial charge in [-0.2, -0.15) is 0 Å². The highest BCUT2D eigenvalue weighted by Gasteiger charge is 2.29. The van der Waals surface area contributed by atoms with Gasteiger partial charge in [0.05, 0.1) is 6.42 Å². The lowest BCUT2D eigenvalue weighted by molar-refractivity contribution is -0.131. The molecule has 0 heterocycles. The summed E-state index contributed by atoms with van der Waals surface area (Å²) < 4.78 is 0. The molecule has 1 amide bonds. The predicted molar refractivity (Wildman–Crippen MR) is 79.6 cm³/mol. The van der Waals surface area contributed by atoms with Gasteiger partial charge in [0.2, 0.25) is 5.91 Å². The Morgan fingerprint density at radius 2 is 2.05 bits per heavy atom. The highest BCUT2D eigenvalue weighted by Crippen LogP contribution is 2.28. The molecule has 1 saturated carbocycles. The fourth-order valence-corrected chi connectivity index (χ4v) is 3.58. The number of phenolic OH excluding ortho intramolecular Hbond substituents is 1. The number of carbonyl (C=O) groups excluding carboxylic acids is 1. The molecular weight excluding hydrogens is 306 g/mol. The zero-order valence-electron chi connectivity index (χ0n) is 11.2. The van der Waals surface area contributed by atoms with Crippen LogP contribution in [0.2, 0.25) is 0 Å². The highest BCUT2D eigenvalue weighted by atomic mass is 79.9. The van der Waals surface area contributed by atoms with Gasteiger partial charge in [0, 0.05) is 23.5 Å². The number of carbonyl (C=O) groups is 1. The van der Waals surface area contributed by atoms with Crippen molar-refractivity contribution in [3.63, 3.8) is 0 Å². The third-order valence-corrected chi connectivity index (χ3v) is 4.94. The van der Waals surface area contributed by atoms with E-state index in [1.54, 1.807) is 18.2 Å². The molecule has 0 spiro atoms. The van der Waals surface area contributed by atoms with Gasteiger partial charge in [-0.15, -0.1) is 0 Å². The van der Waals surface area contributed by atoms with Crippen molar-refractivity contribution in [1.82, 2.24) is 4.90 Å². The number of hydrogen-bond acceptors (Lipinski definition) is 2. The number of alkyl halides is 1. The number of aromatic hydroxyl groups is 1. The van der Waals surface area contributed by atoms with Gasteiger partial charge in [0.1, 0.15) is 5.75 Å². The molecule has 1 fully saturated rings. The van der Waals surface area contributed by atoms with Crippen LogP contribution in [0.4, 0.5) is 0 Å². The zero-order valence-corrected chi connectivity index (χ0v) is 12.8. The fraction of sp³-hybridized carbons (Fsp3) is 0.533. The third kappa shape index (κ3) is 3.50. The first kappa shape index (κ1) is 14.4. The molecule has 1 aromatic carbocycles. The second-order valence-corrected chi connectivity index (χ2v) is 6.35. The summed E-state index contributed by atoms with van der Waals surface area (Å²) in [5, 5.41) is 9.72. The van der Waals surface area contributed by atoms with Crippen molar-refractivity contribution in [2.24, 2.45) is 0 Å². The van der Waals surface area contributed by atoms with Gasteiger partial charge in [0.15, 0.2) is 0 Å². The van der Waals surface area contributed by atoms with Crippen LogP contribution in [-0.2, 0) is 11.2 Å². The lowest BCUT2D eigenvalue weighted by Gasteiger charge is -2.35. The summed E-state index contributed by atoms with van der Waals surface area (Å²) in [5.41, 5.74) is 0.696. The number of halogens is 1. The Balaban J connectivity index is 2.01. The first-order valence-electron chi connectivity index (χ1n) is 6.76. The van der Waals surface area contributed by atoms with Crippen LogP contribution in [0, 0.1) is 0 Å². The van der Waals surface area contributed by atoms with Gasteiger partial charge in [-0.1, -0.05) is 47.0 Å². The molecule has 3 nitrogen and oxygen atoms in total. The number of likely N-dealkylation sites (N-methyl/N-ethyl adjacent to an activating group) is 1. The maximum absolute atomic E-state index is 12.3. The number of phenols is 1. The molecular formula is C15H20BrNO2. The summed E-state index contributed by atoms with van der Waals surface area (Å²) in [7, 11) is 1.87. The van der Waals surface area contributed by atoms with Crippen molar-refractivity contribution < 1.29 is 9.90 Å². The Hall–Kier alpha value is -1.03. The van der Waals surface area contributed by atoms with Crippen molar-refractivity contribution in [1.29, 1.82) is 0 Å². The van der Waals surface area contributed by atoms with Crippen LogP contribution in [0.15, 0.2) is 24.3 Å². The molecule has 0 saturated heterocycles. The van der Waals surface area contributed by atoms with Gasteiger partial charge < -0.3 is 10.0 Å². The fourth-order valence-electron chi connectivity index (χ4n) is 2.64. The van der Waals surface area contributed by atoms with Crippen LogP contribution < -0.4 is 0 Å². The molecule has 104 valence electrons. The molecule has 1 aliphatic carbocycles. The SMILES string of the molecule is CN(C(=O)Cc1ccccc1O)C1CCCCC1Br. The van der Waals surface area contributed by atoms with Crippen LogP contribution in [0.3, 0.4) is 0 Å². The van der Waals surface area contributed by atoms with E-state index in [9.17, 15) is 9.90 Å². The standard InChI is InChI=1S/C15H20BrNO2/c1-17(13-8-4-3-7-12(13)16)15(19)10-11-6-2-5-9-14(11)18/h2,5-6,9,12-13,18H,3-4,7-8,10H2,1H3. The Labute approximate surface area is 122 Å². The van der Waals surface area contributed by atoms with Crippen molar-refractivity contribution in [2.75, 3.05) is 7.05 Å². The van der Waals surface area contributed by atoms with Crippen molar-refractivity contribution in [3.8, 4) is 5.75 Å². The zero-order chi connectivity index (χ0) is 13.8. The van der Waals surface area contributed by atoms with E-state index in [1.165, 1.54) is 12.8 Å². The van der Waals surface area contributed by atoms with Gasteiger partial charge >= 0.3 is 0 Å². The monoisotopic (exact) mass is 325 g/mol. The summed E-state index contributed by atoms with van der Waals surface area (Å²) >= 11 is 3.68.